The van der Waals surface area contributed by atoms with Crippen LogP contribution in [0.3, 0.4) is 0 Å². The second-order valence-corrected chi connectivity index (χ2v) is 8.60. The summed E-state index contributed by atoms with van der Waals surface area (Å²) in [5.41, 5.74) is 1.38. The molecular formula is C19H20ClNO6S. The van der Waals surface area contributed by atoms with E-state index in [4.69, 9.17) is 15.8 Å². The maximum absolute atomic E-state index is 12.7. The SMILES string of the molecule is C=CCN1CC(c2ccc(O)cc2)c2cc(O)c(O)c(Cl)c2C1S(=O)(=O)OC. The van der Waals surface area contributed by atoms with E-state index in [0.717, 1.165) is 12.7 Å². The third-order valence-corrected chi connectivity index (χ3v) is 6.75. The molecule has 2 atom stereocenters. The Balaban J connectivity index is 2.31. The van der Waals surface area contributed by atoms with E-state index in [1.54, 1.807) is 23.1 Å². The van der Waals surface area contributed by atoms with Crippen molar-refractivity contribution in [2.24, 2.45) is 0 Å². The Hall–Kier alpha value is -2.26. The number of halogens is 1. The molecule has 9 heteroatoms. The number of fused-ring (bicyclic) bond motifs is 1. The van der Waals surface area contributed by atoms with Crippen LogP contribution in [0.2, 0.25) is 5.02 Å². The number of rotatable bonds is 5. The summed E-state index contributed by atoms with van der Waals surface area (Å²) in [6, 6.07) is 7.77. The van der Waals surface area contributed by atoms with Crippen LogP contribution in [0, 0.1) is 0 Å². The maximum Gasteiger partial charge on any atom is 0.287 e. The lowest BCUT2D eigenvalue weighted by Gasteiger charge is -2.40. The van der Waals surface area contributed by atoms with Crippen molar-refractivity contribution in [1.82, 2.24) is 4.90 Å². The van der Waals surface area contributed by atoms with Gasteiger partial charge in [0.2, 0.25) is 0 Å². The number of hydrogen-bond acceptors (Lipinski definition) is 7. The fourth-order valence-corrected chi connectivity index (χ4v) is 5.19. The minimum absolute atomic E-state index is 0.0918. The third-order valence-electron chi connectivity index (χ3n) is 4.83. The first-order valence-electron chi connectivity index (χ1n) is 8.38. The molecule has 0 saturated heterocycles. The molecule has 1 aliphatic heterocycles. The topological polar surface area (TPSA) is 107 Å². The normalized spacial score (nSPS) is 19.9. The summed E-state index contributed by atoms with van der Waals surface area (Å²) in [5, 5.41) is 28.3. The molecule has 2 aromatic rings. The lowest BCUT2D eigenvalue weighted by atomic mass is 9.84. The molecule has 28 heavy (non-hydrogen) atoms. The summed E-state index contributed by atoms with van der Waals surface area (Å²) in [6.07, 6.45) is 1.56. The quantitative estimate of drug-likeness (QED) is 0.384. The Morgan fingerprint density at radius 3 is 2.50 bits per heavy atom. The molecular weight excluding hydrogens is 406 g/mol. The Kier molecular flexibility index (Phi) is 5.58. The highest BCUT2D eigenvalue weighted by molar-refractivity contribution is 7.86. The van der Waals surface area contributed by atoms with E-state index >= 15 is 0 Å². The zero-order chi connectivity index (χ0) is 20.6. The van der Waals surface area contributed by atoms with Crippen LogP contribution in [-0.4, -0.2) is 48.8 Å². The van der Waals surface area contributed by atoms with Crippen molar-refractivity contribution < 1.29 is 27.9 Å². The molecule has 2 unspecified atom stereocenters. The van der Waals surface area contributed by atoms with Crippen LogP contribution in [0.15, 0.2) is 43.0 Å². The van der Waals surface area contributed by atoms with Crippen molar-refractivity contribution in [3.05, 3.63) is 64.7 Å². The monoisotopic (exact) mass is 425 g/mol. The number of hydrogen-bond donors (Lipinski definition) is 3. The molecule has 0 fully saturated rings. The van der Waals surface area contributed by atoms with Gasteiger partial charge in [0.15, 0.2) is 16.9 Å². The van der Waals surface area contributed by atoms with E-state index in [2.05, 4.69) is 6.58 Å². The maximum atomic E-state index is 12.7. The molecule has 0 aliphatic carbocycles. The van der Waals surface area contributed by atoms with Crippen molar-refractivity contribution in [1.29, 1.82) is 0 Å². The van der Waals surface area contributed by atoms with Gasteiger partial charge in [-0.2, -0.15) is 8.42 Å². The summed E-state index contributed by atoms with van der Waals surface area (Å²) < 4.78 is 30.2. The Labute approximate surface area is 168 Å². The van der Waals surface area contributed by atoms with E-state index in [1.807, 2.05) is 0 Å². The molecule has 0 amide bonds. The summed E-state index contributed by atoms with van der Waals surface area (Å²) in [5.74, 6) is -1.32. The highest BCUT2D eigenvalue weighted by atomic mass is 35.5. The van der Waals surface area contributed by atoms with Gasteiger partial charge < -0.3 is 15.3 Å². The first-order valence-corrected chi connectivity index (χ1v) is 10.2. The summed E-state index contributed by atoms with van der Waals surface area (Å²) in [4.78, 5) is 1.62. The lowest BCUT2D eigenvalue weighted by Crippen LogP contribution is -2.42. The molecule has 7 nitrogen and oxygen atoms in total. The molecule has 2 aromatic carbocycles. The Morgan fingerprint density at radius 2 is 1.93 bits per heavy atom. The number of nitrogens with zero attached hydrogens (tertiary/aromatic N) is 1. The zero-order valence-electron chi connectivity index (χ0n) is 15.0. The van der Waals surface area contributed by atoms with Gasteiger partial charge in [0.25, 0.3) is 10.1 Å². The van der Waals surface area contributed by atoms with E-state index in [-0.39, 0.29) is 35.3 Å². The molecule has 1 aliphatic rings. The van der Waals surface area contributed by atoms with Gasteiger partial charge in [-0.1, -0.05) is 29.8 Å². The third kappa shape index (κ3) is 3.44. The average molecular weight is 426 g/mol. The predicted molar refractivity (Wildman–Crippen MR) is 105 cm³/mol. The molecule has 1 heterocycles. The number of aromatic hydroxyl groups is 3. The van der Waals surface area contributed by atoms with E-state index in [0.29, 0.717) is 5.56 Å². The van der Waals surface area contributed by atoms with Crippen LogP contribution in [0.25, 0.3) is 0 Å². The number of phenols is 3. The van der Waals surface area contributed by atoms with E-state index in [9.17, 15) is 23.7 Å². The molecule has 3 rings (SSSR count). The van der Waals surface area contributed by atoms with Crippen LogP contribution in [0.4, 0.5) is 0 Å². The highest BCUT2D eigenvalue weighted by Gasteiger charge is 2.43. The predicted octanol–water partition coefficient (Wildman–Crippen LogP) is 3.07. The molecule has 0 radical (unpaired) electrons. The highest BCUT2D eigenvalue weighted by Crippen LogP contribution is 2.50. The van der Waals surface area contributed by atoms with Crippen molar-refractivity contribution in [2.75, 3.05) is 20.2 Å². The standard InChI is InChI=1S/C19H20ClNO6S/c1-3-8-21-10-14(11-4-6-12(22)7-5-11)13-9-15(23)18(24)17(20)16(13)19(21)28(25,26)27-2/h3-7,9,14,19,22-24H,1,8,10H2,2H3. The van der Waals surface area contributed by atoms with Gasteiger partial charge in [0.05, 0.1) is 12.1 Å². The Morgan fingerprint density at radius 1 is 1.29 bits per heavy atom. The van der Waals surface area contributed by atoms with Gasteiger partial charge in [0.1, 0.15) is 5.75 Å². The van der Waals surface area contributed by atoms with Crippen molar-refractivity contribution >= 4 is 21.7 Å². The van der Waals surface area contributed by atoms with Gasteiger partial charge in [-0.15, -0.1) is 6.58 Å². The van der Waals surface area contributed by atoms with Crippen molar-refractivity contribution in [2.45, 2.75) is 11.3 Å². The first-order chi connectivity index (χ1) is 13.2. The van der Waals surface area contributed by atoms with E-state index < -0.39 is 27.0 Å². The summed E-state index contributed by atoms with van der Waals surface area (Å²) in [7, 11) is -3.05. The van der Waals surface area contributed by atoms with Crippen LogP contribution in [-0.2, 0) is 14.3 Å². The van der Waals surface area contributed by atoms with Crippen LogP contribution in [0.5, 0.6) is 17.2 Å². The molecule has 150 valence electrons. The number of phenolic OH excluding ortho intramolecular Hbond substituents is 3. The molecule has 0 bridgehead atoms. The van der Waals surface area contributed by atoms with Crippen molar-refractivity contribution in [3.8, 4) is 17.2 Å². The lowest BCUT2D eigenvalue weighted by molar-refractivity contribution is 0.229. The average Bonchev–Trinajstić information content (AvgIpc) is 2.67. The fourth-order valence-electron chi connectivity index (χ4n) is 3.56. The van der Waals surface area contributed by atoms with Gasteiger partial charge in [-0.05, 0) is 29.3 Å². The van der Waals surface area contributed by atoms with Gasteiger partial charge >= 0.3 is 0 Å². The van der Waals surface area contributed by atoms with Gasteiger partial charge in [-0.3, -0.25) is 9.08 Å². The minimum Gasteiger partial charge on any atom is -0.508 e. The van der Waals surface area contributed by atoms with Crippen LogP contribution < -0.4 is 0 Å². The fraction of sp³-hybridized carbons (Fsp3) is 0.263. The number of benzene rings is 2. The van der Waals surface area contributed by atoms with Gasteiger partial charge in [-0.25, -0.2) is 0 Å². The van der Waals surface area contributed by atoms with Crippen LogP contribution in [0.1, 0.15) is 28.0 Å². The van der Waals surface area contributed by atoms with Crippen LogP contribution >= 0.6 is 11.6 Å². The minimum atomic E-state index is -4.11. The first kappa shape index (κ1) is 20.5. The van der Waals surface area contributed by atoms with Crippen molar-refractivity contribution in [3.63, 3.8) is 0 Å². The summed E-state index contributed by atoms with van der Waals surface area (Å²) in [6.45, 7) is 4.17. The van der Waals surface area contributed by atoms with Gasteiger partial charge in [0, 0.05) is 24.6 Å². The smallest absolute Gasteiger partial charge is 0.287 e. The molecule has 0 saturated carbocycles. The largest absolute Gasteiger partial charge is 0.508 e. The van der Waals surface area contributed by atoms with E-state index in [1.165, 1.54) is 18.2 Å². The molecule has 3 N–H and O–H groups in total. The summed E-state index contributed by atoms with van der Waals surface area (Å²) >= 11 is 6.30. The molecule has 0 aromatic heterocycles. The second kappa shape index (κ2) is 7.63. The molecule has 0 spiro atoms. The zero-order valence-corrected chi connectivity index (χ0v) is 16.6. The Bertz CT molecular complexity index is 1010. The second-order valence-electron chi connectivity index (χ2n) is 6.46.